The SMILES string of the molecule is Cc1ncc(C(=O)N(Cc2cc(F)c3cc(C)c(N)nc3c2)c2cccnc2S(C)(=O)=O)cn1. The molecule has 0 radical (unpaired) electrons. The number of rotatable bonds is 5. The molecule has 3 aromatic heterocycles. The Kier molecular flexibility index (Phi) is 5.96. The first kappa shape index (κ1) is 23.2. The summed E-state index contributed by atoms with van der Waals surface area (Å²) in [7, 11) is -3.79. The van der Waals surface area contributed by atoms with E-state index < -0.39 is 21.6 Å². The molecule has 1 aromatic carbocycles. The first-order valence-corrected chi connectivity index (χ1v) is 12.0. The molecular formula is C23H21FN6O3S. The summed E-state index contributed by atoms with van der Waals surface area (Å²) in [4.78, 5) is 31.0. The summed E-state index contributed by atoms with van der Waals surface area (Å²) in [6, 6.07) is 7.47. The monoisotopic (exact) mass is 480 g/mol. The van der Waals surface area contributed by atoms with Crippen LogP contribution in [0.4, 0.5) is 15.9 Å². The second-order valence-electron chi connectivity index (χ2n) is 7.84. The zero-order valence-electron chi connectivity index (χ0n) is 18.7. The zero-order valence-corrected chi connectivity index (χ0v) is 19.5. The molecule has 2 N–H and O–H groups in total. The van der Waals surface area contributed by atoms with Crippen molar-refractivity contribution < 1.29 is 17.6 Å². The Morgan fingerprint density at radius 2 is 1.82 bits per heavy atom. The minimum absolute atomic E-state index is 0.0486. The first-order valence-electron chi connectivity index (χ1n) is 10.2. The predicted molar refractivity (Wildman–Crippen MR) is 125 cm³/mol. The molecule has 174 valence electrons. The molecule has 4 aromatic rings. The lowest BCUT2D eigenvalue weighted by Gasteiger charge is -2.24. The average Bonchev–Trinajstić information content (AvgIpc) is 2.78. The number of amides is 1. The number of sulfone groups is 1. The van der Waals surface area contributed by atoms with E-state index in [9.17, 15) is 17.6 Å². The van der Waals surface area contributed by atoms with E-state index in [1.807, 2.05) is 0 Å². The standard InChI is InChI=1S/C23H21FN6O3S/c1-13-7-17-18(24)8-15(9-19(17)29-21(13)25)12-30(23(31)16-10-27-14(2)28-11-16)20-5-4-6-26-22(20)34(3,32)33/h4-11H,12H2,1-3H3,(H2,25,29). The Morgan fingerprint density at radius 3 is 2.50 bits per heavy atom. The molecule has 0 atom stereocenters. The molecular weight excluding hydrogens is 459 g/mol. The topological polar surface area (TPSA) is 132 Å². The van der Waals surface area contributed by atoms with Gasteiger partial charge in [0.2, 0.25) is 0 Å². The molecule has 0 fully saturated rings. The third-order valence-corrected chi connectivity index (χ3v) is 6.20. The number of pyridine rings is 2. The van der Waals surface area contributed by atoms with E-state index in [0.717, 1.165) is 6.26 Å². The second-order valence-corrected chi connectivity index (χ2v) is 9.78. The minimum atomic E-state index is -3.79. The molecule has 0 saturated carbocycles. The van der Waals surface area contributed by atoms with E-state index in [1.165, 1.54) is 41.7 Å². The predicted octanol–water partition coefficient (Wildman–Crippen LogP) is 3.01. The lowest BCUT2D eigenvalue weighted by Crippen LogP contribution is -2.32. The number of carbonyl (C=O) groups is 1. The maximum atomic E-state index is 14.9. The number of anilines is 2. The van der Waals surface area contributed by atoms with E-state index in [2.05, 4.69) is 19.9 Å². The maximum Gasteiger partial charge on any atom is 0.261 e. The number of fused-ring (bicyclic) bond motifs is 1. The fourth-order valence-corrected chi connectivity index (χ4v) is 4.28. The van der Waals surface area contributed by atoms with Crippen LogP contribution >= 0.6 is 0 Å². The van der Waals surface area contributed by atoms with Crippen molar-refractivity contribution in [3.63, 3.8) is 0 Å². The summed E-state index contributed by atoms with van der Waals surface area (Å²) in [6.45, 7) is 3.24. The van der Waals surface area contributed by atoms with E-state index in [-0.39, 0.29) is 28.6 Å². The molecule has 3 heterocycles. The lowest BCUT2D eigenvalue weighted by molar-refractivity contribution is 0.0983. The van der Waals surface area contributed by atoms with Crippen LogP contribution in [0.2, 0.25) is 0 Å². The lowest BCUT2D eigenvalue weighted by atomic mass is 10.1. The van der Waals surface area contributed by atoms with Crippen molar-refractivity contribution in [1.29, 1.82) is 0 Å². The summed E-state index contributed by atoms with van der Waals surface area (Å²) >= 11 is 0. The third kappa shape index (κ3) is 4.55. The van der Waals surface area contributed by atoms with Gasteiger partial charge in [-0.05, 0) is 55.3 Å². The Bertz CT molecular complexity index is 1520. The van der Waals surface area contributed by atoms with Crippen LogP contribution in [0.15, 0.2) is 53.9 Å². The number of nitrogen functional groups attached to an aromatic ring is 1. The van der Waals surface area contributed by atoms with Gasteiger partial charge in [0.05, 0.1) is 23.3 Å². The van der Waals surface area contributed by atoms with Gasteiger partial charge in [-0.3, -0.25) is 4.79 Å². The second kappa shape index (κ2) is 8.75. The van der Waals surface area contributed by atoms with E-state index in [1.54, 1.807) is 26.0 Å². The van der Waals surface area contributed by atoms with Gasteiger partial charge in [0.15, 0.2) is 14.9 Å². The molecule has 1 amide bonds. The molecule has 34 heavy (non-hydrogen) atoms. The Labute approximate surface area is 195 Å². The highest BCUT2D eigenvalue weighted by atomic mass is 32.2. The van der Waals surface area contributed by atoms with Gasteiger partial charge in [-0.15, -0.1) is 0 Å². The van der Waals surface area contributed by atoms with E-state index >= 15 is 0 Å². The van der Waals surface area contributed by atoms with Crippen LogP contribution in [0.25, 0.3) is 10.9 Å². The smallest absolute Gasteiger partial charge is 0.261 e. The van der Waals surface area contributed by atoms with Gasteiger partial charge in [0.1, 0.15) is 17.5 Å². The molecule has 0 aliphatic rings. The molecule has 0 unspecified atom stereocenters. The number of hydrogen-bond acceptors (Lipinski definition) is 8. The summed E-state index contributed by atoms with van der Waals surface area (Å²) < 4.78 is 39.7. The van der Waals surface area contributed by atoms with Gasteiger partial charge >= 0.3 is 0 Å². The Morgan fingerprint density at radius 1 is 1.12 bits per heavy atom. The van der Waals surface area contributed by atoms with Crippen LogP contribution in [-0.2, 0) is 16.4 Å². The molecule has 4 rings (SSSR count). The molecule has 0 saturated heterocycles. The van der Waals surface area contributed by atoms with Gasteiger partial charge < -0.3 is 10.6 Å². The molecule has 11 heteroatoms. The van der Waals surface area contributed by atoms with Crippen molar-refractivity contribution in [1.82, 2.24) is 19.9 Å². The zero-order chi connectivity index (χ0) is 24.6. The first-order chi connectivity index (χ1) is 16.0. The van der Waals surface area contributed by atoms with E-state index in [4.69, 9.17) is 5.73 Å². The number of benzene rings is 1. The van der Waals surface area contributed by atoms with Crippen molar-refractivity contribution in [3.05, 3.63) is 77.3 Å². The summed E-state index contributed by atoms with van der Waals surface area (Å²) in [5.41, 5.74) is 7.42. The normalized spacial score (nSPS) is 11.5. The van der Waals surface area contributed by atoms with E-state index in [0.29, 0.717) is 27.9 Å². The molecule has 0 spiro atoms. The largest absolute Gasteiger partial charge is 0.383 e. The van der Waals surface area contributed by atoms with Gasteiger partial charge in [0.25, 0.3) is 5.91 Å². The fraction of sp³-hybridized carbons (Fsp3) is 0.174. The third-order valence-electron chi connectivity index (χ3n) is 5.18. The summed E-state index contributed by atoms with van der Waals surface area (Å²) in [5.74, 6) is -0.379. The van der Waals surface area contributed by atoms with Gasteiger partial charge in [-0.1, -0.05) is 0 Å². The van der Waals surface area contributed by atoms with Crippen LogP contribution in [0, 0.1) is 19.7 Å². The summed E-state index contributed by atoms with van der Waals surface area (Å²) in [5, 5.41) is 0.00843. The van der Waals surface area contributed by atoms with Crippen molar-refractivity contribution in [2.45, 2.75) is 25.4 Å². The minimum Gasteiger partial charge on any atom is -0.383 e. The van der Waals surface area contributed by atoms with Gasteiger partial charge in [-0.25, -0.2) is 32.7 Å². The van der Waals surface area contributed by atoms with Gasteiger partial charge in [-0.2, -0.15) is 0 Å². The van der Waals surface area contributed by atoms with Crippen LogP contribution < -0.4 is 10.6 Å². The highest BCUT2D eigenvalue weighted by Gasteiger charge is 2.26. The van der Waals surface area contributed by atoms with Crippen LogP contribution in [0.1, 0.15) is 27.3 Å². The quantitative estimate of drug-likeness (QED) is 0.461. The van der Waals surface area contributed by atoms with Crippen molar-refractivity contribution in [3.8, 4) is 0 Å². The van der Waals surface area contributed by atoms with Crippen molar-refractivity contribution in [2.75, 3.05) is 16.9 Å². The molecule has 9 nitrogen and oxygen atoms in total. The number of aryl methyl sites for hydroxylation is 2. The highest BCUT2D eigenvalue weighted by molar-refractivity contribution is 7.90. The van der Waals surface area contributed by atoms with Crippen LogP contribution in [-0.4, -0.2) is 40.5 Å². The number of nitrogens with zero attached hydrogens (tertiary/aromatic N) is 5. The number of carbonyl (C=O) groups excluding carboxylic acids is 1. The Hall–Kier alpha value is -3.99. The molecule has 0 bridgehead atoms. The average molecular weight is 481 g/mol. The molecule has 0 aliphatic carbocycles. The number of hydrogen-bond donors (Lipinski definition) is 1. The van der Waals surface area contributed by atoms with Crippen molar-refractivity contribution >= 4 is 38.2 Å². The number of halogens is 1. The summed E-state index contributed by atoms with van der Waals surface area (Å²) in [6.07, 6.45) is 5.02. The number of nitrogens with two attached hydrogens (primary N) is 1. The number of aromatic nitrogens is 4. The Balaban J connectivity index is 1.87. The van der Waals surface area contributed by atoms with Crippen LogP contribution in [0.5, 0.6) is 0 Å². The molecule has 0 aliphatic heterocycles. The highest BCUT2D eigenvalue weighted by Crippen LogP contribution is 2.28. The van der Waals surface area contributed by atoms with Gasteiger partial charge in [0, 0.05) is 30.2 Å². The van der Waals surface area contributed by atoms with Crippen molar-refractivity contribution in [2.24, 2.45) is 0 Å². The maximum absolute atomic E-state index is 14.9. The van der Waals surface area contributed by atoms with Crippen LogP contribution in [0.3, 0.4) is 0 Å². The fourth-order valence-electron chi connectivity index (χ4n) is 3.47.